The molecule has 0 saturated carbocycles. The fourth-order valence-electron chi connectivity index (χ4n) is 7.19. The molecule has 0 fully saturated rings. The van der Waals surface area contributed by atoms with Gasteiger partial charge in [0.2, 0.25) is 0 Å². The second-order valence-electron chi connectivity index (χ2n) is 19.2. The predicted molar refractivity (Wildman–Crippen MR) is 286 cm³/mol. The molecular formula is C59H102NO8+. The van der Waals surface area contributed by atoms with E-state index < -0.39 is 24.3 Å². The number of ether oxygens (including phenoxy) is 4. The van der Waals surface area contributed by atoms with Crippen LogP contribution in [0.4, 0.5) is 0 Å². The lowest BCUT2D eigenvalue weighted by atomic mass is 10.1. The molecule has 0 saturated heterocycles. The third-order valence-electron chi connectivity index (χ3n) is 11.4. The fraction of sp³-hybridized carbons (Fsp3) is 0.712. The first kappa shape index (κ1) is 64.5. The number of carboxylic acid groups (broad SMARTS) is 1. The SMILES string of the molecule is CC/C=C\C/C=C\C/C=C\C/C=C\C/C=C\C/C=C\CCCCCCCCC(=O)OC(COC(=O)CCCCCCCCC/C=C\CCCCCCCCC)COC(OCC[N+](C)(C)C)C(=O)O. The van der Waals surface area contributed by atoms with Gasteiger partial charge in [0.05, 0.1) is 34.4 Å². The standard InChI is InChI=1S/C59H101NO8/c1-6-8-10-12-14-16-18-20-22-24-26-27-28-29-30-31-32-34-36-38-40-42-44-46-48-50-57(62)68-55(54-67-59(58(63)64)65-52-51-60(3,4)5)53-66-56(61)49-47-45-43-41-39-37-35-33-25-23-21-19-17-15-13-11-9-7-2/h8,10,14,16,20,22-23,25-27,29-30,32,34,55,59H,6-7,9,11-13,15,17-19,21,24,28,31,33,35-54H2,1-5H3/p+1/b10-8-,16-14-,22-20-,25-23-,27-26-,30-29-,34-32-. The monoisotopic (exact) mass is 953 g/mol. The molecule has 0 spiro atoms. The quantitative estimate of drug-likeness (QED) is 0.0211. The summed E-state index contributed by atoms with van der Waals surface area (Å²) in [6, 6.07) is 0. The predicted octanol–water partition coefficient (Wildman–Crippen LogP) is 15.6. The number of aliphatic carboxylic acids is 1. The molecule has 0 bridgehead atoms. The van der Waals surface area contributed by atoms with Crippen molar-refractivity contribution >= 4 is 17.9 Å². The molecule has 9 nitrogen and oxygen atoms in total. The summed E-state index contributed by atoms with van der Waals surface area (Å²) in [5.41, 5.74) is 0. The average Bonchev–Trinajstić information content (AvgIpc) is 3.30. The van der Waals surface area contributed by atoms with E-state index in [1.165, 1.54) is 77.0 Å². The molecule has 390 valence electrons. The molecule has 68 heavy (non-hydrogen) atoms. The Morgan fingerprint density at radius 3 is 1.26 bits per heavy atom. The Morgan fingerprint density at radius 2 is 0.838 bits per heavy atom. The molecule has 1 N–H and O–H groups in total. The van der Waals surface area contributed by atoms with Gasteiger partial charge in [-0.15, -0.1) is 0 Å². The van der Waals surface area contributed by atoms with Crippen molar-refractivity contribution in [3.8, 4) is 0 Å². The number of esters is 2. The summed E-state index contributed by atoms with van der Waals surface area (Å²) in [7, 11) is 5.95. The van der Waals surface area contributed by atoms with E-state index in [9.17, 15) is 19.5 Å². The van der Waals surface area contributed by atoms with Crippen LogP contribution in [0.25, 0.3) is 0 Å². The Hall–Kier alpha value is -3.53. The van der Waals surface area contributed by atoms with Gasteiger partial charge in [0.15, 0.2) is 6.10 Å². The number of hydrogen-bond donors (Lipinski definition) is 1. The van der Waals surface area contributed by atoms with Crippen LogP contribution in [0.3, 0.4) is 0 Å². The number of carbonyl (C=O) groups excluding carboxylic acids is 2. The highest BCUT2D eigenvalue weighted by molar-refractivity contribution is 5.71. The number of rotatable bonds is 49. The number of carboxylic acids is 1. The lowest BCUT2D eigenvalue weighted by molar-refractivity contribution is -0.870. The molecule has 0 aliphatic carbocycles. The molecule has 0 aliphatic rings. The number of allylic oxidation sites excluding steroid dienone is 14. The topological polar surface area (TPSA) is 108 Å². The number of likely N-dealkylation sites (N-methyl/N-ethyl adjacent to an activating group) is 1. The minimum Gasteiger partial charge on any atom is -0.477 e. The summed E-state index contributed by atoms with van der Waals surface area (Å²) in [6.45, 7) is 4.73. The Balaban J connectivity index is 4.36. The zero-order valence-electron chi connectivity index (χ0n) is 44.2. The fourth-order valence-corrected chi connectivity index (χ4v) is 7.19. The van der Waals surface area contributed by atoms with Crippen LogP contribution in [-0.2, 0) is 33.3 Å². The van der Waals surface area contributed by atoms with Gasteiger partial charge in [-0.3, -0.25) is 9.59 Å². The van der Waals surface area contributed by atoms with Crippen molar-refractivity contribution in [2.45, 2.75) is 225 Å². The minimum atomic E-state index is -1.52. The number of quaternary nitrogens is 1. The van der Waals surface area contributed by atoms with E-state index in [0.717, 1.165) is 103 Å². The molecule has 0 rings (SSSR count). The van der Waals surface area contributed by atoms with Crippen LogP contribution >= 0.6 is 0 Å². The molecule has 0 heterocycles. The van der Waals surface area contributed by atoms with E-state index in [-0.39, 0.29) is 32.2 Å². The van der Waals surface area contributed by atoms with Gasteiger partial charge in [0.25, 0.3) is 6.29 Å². The molecule has 0 aromatic rings. The molecule has 0 radical (unpaired) electrons. The molecule has 0 aromatic heterocycles. The molecule has 9 heteroatoms. The van der Waals surface area contributed by atoms with E-state index >= 15 is 0 Å². The Bertz CT molecular complexity index is 1390. The highest BCUT2D eigenvalue weighted by atomic mass is 16.7. The van der Waals surface area contributed by atoms with Crippen LogP contribution in [-0.4, -0.2) is 87.4 Å². The largest absolute Gasteiger partial charge is 0.477 e. The van der Waals surface area contributed by atoms with Crippen molar-refractivity contribution in [3.05, 3.63) is 85.1 Å². The van der Waals surface area contributed by atoms with Gasteiger partial charge in [0.1, 0.15) is 13.2 Å². The molecule has 2 atom stereocenters. The normalized spacial score (nSPS) is 13.5. The van der Waals surface area contributed by atoms with Crippen molar-refractivity contribution in [3.63, 3.8) is 0 Å². The van der Waals surface area contributed by atoms with Crippen molar-refractivity contribution in [2.75, 3.05) is 47.5 Å². The van der Waals surface area contributed by atoms with Gasteiger partial charge < -0.3 is 28.5 Å². The smallest absolute Gasteiger partial charge is 0.361 e. The number of unbranched alkanes of at least 4 members (excludes halogenated alkanes) is 20. The second kappa shape index (κ2) is 49.9. The lowest BCUT2D eigenvalue weighted by Gasteiger charge is -2.25. The van der Waals surface area contributed by atoms with E-state index in [4.69, 9.17) is 18.9 Å². The Kier molecular flexibility index (Phi) is 47.3. The zero-order valence-corrected chi connectivity index (χ0v) is 44.2. The number of carbonyl (C=O) groups is 3. The van der Waals surface area contributed by atoms with Crippen LogP contribution in [0.1, 0.15) is 213 Å². The van der Waals surface area contributed by atoms with Crippen LogP contribution in [0.15, 0.2) is 85.1 Å². The average molecular weight is 953 g/mol. The maximum absolute atomic E-state index is 12.9. The van der Waals surface area contributed by atoms with E-state index in [1.807, 2.05) is 21.1 Å². The van der Waals surface area contributed by atoms with Gasteiger partial charge in [-0.2, -0.15) is 0 Å². The highest BCUT2D eigenvalue weighted by Gasteiger charge is 2.25. The molecule has 0 amide bonds. The first-order valence-electron chi connectivity index (χ1n) is 27.3. The van der Waals surface area contributed by atoms with Gasteiger partial charge in [-0.1, -0.05) is 195 Å². The molecule has 0 aliphatic heterocycles. The summed E-state index contributed by atoms with van der Waals surface area (Å²) < 4.78 is 22.8. The summed E-state index contributed by atoms with van der Waals surface area (Å²) in [4.78, 5) is 37.4. The van der Waals surface area contributed by atoms with Crippen molar-refractivity contribution in [1.82, 2.24) is 0 Å². The Labute approximate surface area is 417 Å². The molecule has 0 aromatic carbocycles. The maximum Gasteiger partial charge on any atom is 0.361 e. The van der Waals surface area contributed by atoms with Gasteiger partial charge in [-0.05, 0) is 89.9 Å². The van der Waals surface area contributed by atoms with Gasteiger partial charge in [-0.25, -0.2) is 4.79 Å². The lowest BCUT2D eigenvalue weighted by Crippen LogP contribution is -2.40. The van der Waals surface area contributed by atoms with Crippen molar-refractivity contribution in [1.29, 1.82) is 0 Å². The molecule has 2 unspecified atom stereocenters. The summed E-state index contributed by atoms with van der Waals surface area (Å²) >= 11 is 0. The maximum atomic E-state index is 12.9. The van der Waals surface area contributed by atoms with Crippen LogP contribution in [0, 0.1) is 0 Å². The first-order valence-corrected chi connectivity index (χ1v) is 27.3. The zero-order chi connectivity index (χ0) is 49.9. The Morgan fingerprint density at radius 1 is 0.456 bits per heavy atom. The van der Waals surface area contributed by atoms with E-state index in [1.54, 1.807) is 0 Å². The van der Waals surface area contributed by atoms with Gasteiger partial charge in [0, 0.05) is 12.8 Å². The summed E-state index contributed by atoms with van der Waals surface area (Å²) in [5.74, 6) is -2.04. The summed E-state index contributed by atoms with van der Waals surface area (Å²) in [6.07, 6.45) is 62.2. The first-order chi connectivity index (χ1) is 33.1. The van der Waals surface area contributed by atoms with Crippen LogP contribution in [0.2, 0.25) is 0 Å². The summed E-state index contributed by atoms with van der Waals surface area (Å²) in [5, 5.41) is 9.69. The highest BCUT2D eigenvalue weighted by Crippen LogP contribution is 2.14. The van der Waals surface area contributed by atoms with Crippen LogP contribution in [0.5, 0.6) is 0 Å². The number of hydrogen-bond acceptors (Lipinski definition) is 7. The minimum absolute atomic E-state index is 0.180. The van der Waals surface area contributed by atoms with Crippen molar-refractivity contribution in [2.24, 2.45) is 0 Å². The number of nitrogens with zero attached hydrogens (tertiary/aromatic N) is 1. The van der Waals surface area contributed by atoms with Gasteiger partial charge >= 0.3 is 17.9 Å². The van der Waals surface area contributed by atoms with Crippen LogP contribution < -0.4 is 0 Å². The molecular weight excluding hydrogens is 851 g/mol. The second-order valence-corrected chi connectivity index (χ2v) is 19.2. The van der Waals surface area contributed by atoms with E-state index in [0.29, 0.717) is 23.9 Å². The third-order valence-corrected chi connectivity index (χ3v) is 11.4. The van der Waals surface area contributed by atoms with Crippen molar-refractivity contribution < 1.29 is 42.9 Å². The third kappa shape index (κ3) is 50.3. The van der Waals surface area contributed by atoms with E-state index in [2.05, 4.69) is 98.9 Å².